The minimum Gasteiger partial charge on any atom is -0.339 e. The first-order valence-corrected chi connectivity index (χ1v) is 15.9. The van der Waals surface area contributed by atoms with Crippen LogP contribution in [0.25, 0.3) is 5.69 Å². The number of nitrogens with zero attached hydrogens (tertiary/aromatic N) is 5. The zero-order valence-corrected chi connectivity index (χ0v) is 26.9. The van der Waals surface area contributed by atoms with Crippen molar-refractivity contribution in [3.05, 3.63) is 111 Å². The highest BCUT2D eigenvalue weighted by Gasteiger charge is 2.48. The largest absolute Gasteiger partial charge is 0.416 e. The van der Waals surface area contributed by atoms with Crippen molar-refractivity contribution < 1.29 is 31.9 Å². The fraction of sp³-hybridized carbons (Fsp3) is 0.265. The van der Waals surface area contributed by atoms with Crippen LogP contribution in [0.15, 0.2) is 77.3 Å². The quantitative estimate of drug-likeness (QED) is 0.238. The SMILES string of the molecule is CCN1C(=O)C(NC(=O)c2cccc(C(F)(F)F)c2)C(c2ccc(F)cc2)c2c(C(=O)N3CCC[C@H]3C#N)nn(-c3cccc(Br)c3)c21. The predicted molar refractivity (Wildman–Crippen MR) is 170 cm³/mol. The Morgan fingerprint density at radius 2 is 1.81 bits per heavy atom. The van der Waals surface area contributed by atoms with Gasteiger partial charge in [0, 0.05) is 34.6 Å². The monoisotopic (exact) mass is 722 g/mol. The molecule has 0 spiro atoms. The molecule has 0 saturated carbocycles. The standard InChI is InChI=1S/C34H27BrF4N6O3/c1-2-43-31-27(29(33(48)44-15-5-10-25(44)18-40)42-45(31)24-9-4-8-22(35)17-24)26(19-11-13-23(36)14-12-19)28(32(43)47)41-30(46)20-6-3-7-21(16-20)34(37,38)39/h3-4,6-9,11-14,16-17,25-26,28H,2,5,10,15H2,1H3,(H,41,46)/t25-,26?,28?/m0/s1. The molecule has 4 aromatic rings. The highest BCUT2D eigenvalue weighted by molar-refractivity contribution is 9.10. The number of rotatable bonds is 6. The Kier molecular flexibility index (Phi) is 8.82. The van der Waals surface area contributed by atoms with Gasteiger partial charge in [0.1, 0.15) is 23.7 Å². The highest BCUT2D eigenvalue weighted by atomic mass is 79.9. The van der Waals surface area contributed by atoms with E-state index in [4.69, 9.17) is 5.10 Å². The van der Waals surface area contributed by atoms with E-state index in [9.17, 15) is 37.2 Å². The van der Waals surface area contributed by atoms with Gasteiger partial charge in [0.05, 0.1) is 17.3 Å². The van der Waals surface area contributed by atoms with Crippen molar-refractivity contribution in [2.75, 3.05) is 18.0 Å². The second-order valence-electron chi connectivity index (χ2n) is 11.4. The first-order chi connectivity index (χ1) is 22.9. The molecule has 2 aliphatic heterocycles. The molecule has 48 heavy (non-hydrogen) atoms. The molecule has 0 radical (unpaired) electrons. The average Bonchev–Trinajstić information content (AvgIpc) is 3.71. The van der Waals surface area contributed by atoms with Crippen molar-refractivity contribution in [1.82, 2.24) is 20.0 Å². The Bertz CT molecular complexity index is 1960. The van der Waals surface area contributed by atoms with Gasteiger partial charge in [-0.05, 0) is 73.9 Å². The molecule has 3 aromatic carbocycles. The molecule has 2 aliphatic rings. The van der Waals surface area contributed by atoms with E-state index < -0.39 is 53.3 Å². The average molecular weight is 724 g/mol. The Hall–Kier alpha value is -5.03. The maximum Gasteiger partial charge on any atom is 0.416 e. The van der Waals surface area contributed by atoms with E-state index >= 15 is 0 Å². The van der Waals surface area contributed by atoms with Gasteiger partial charge in [0.25, 0.3) is 17.7 Å². The van der Waals surface area contributed by atoms with Crippen molar-refractivity contribution in [2.45, 2.75) is 43.9 Å². The van der Waals surface area contributed by atoms with Gasteiger partial charge in [0.15, 0.2) is 5.69 Å². The number of carbonyl (C=O) groups excluding carboxylic acids is 3. The Balaban J connectivity index is 1.58. The van der Waals surface area contributed by atoms with Crippen molar-refractivity contribution in [3.8, 4) is 11.8 Å². The van der Waals surface area contributed by atoms with Gasteiger partial charge in [-0.15, -0.1) is 0 Å². The number of nitriles is 1. The molecule has 1 aromatic heterocycles. The Morgan fingerprint density at radius 1 is 1.08 bits per heavy atom. The van der Waals surface area contributed by atoms with Gasteiger partial charge in [0.2, 0.25) is 0 Å². The van der Waals surface area contributed by atoms with Crippen LogP contribution < -0.4 is 10.2 Å². The second-order valence-corrected chi connectivity index (χ2v) is 12.3. The number of alkyl halides is 3. The van der Waals surface area contributed by atoms with Gasteiger partial charge in [-0.25, -0.2) is 9.07 Å². The third-order valence-electron chi connectivity index (χ3n) is 8.53. The molecule has 0 bridgehead atoms. The number of benzene rings is 3. The Labute approximate surface area is 280 Å². The van der Waals surface area contributed by atoms with Gasteiger partial charge in [-0.3, -0.25) is 19.3 Å². The van der Waals surface area contributed by atoms with Gasteiger partial charge >= 0.3 is 6.18 Å². The van der Waals surface area contributed by atoms with Crippen molar-refractivity contribution in [3.63, 3.8) is 0 Å². The number of amides is 3. The maximum absolute atomic E-state index is 14.4. The number of hydrogen-bond donors (Lipinski definition) is 1. The fourth-order valence-corrected chi connectivity index (χ4v) is 6.70. The van der Waals surface area contributed by atoms with Gasteiger partial charge in [-0.1, -0.05) is 40.2 Å². The summed E-state index contributed by atoms with van der Waals surface area (Å²) in [7, 11) is 0. The summed E-state index contributed by atoms with van der Waals surface area (Å²) in [6, 6.07) is 16.0. The summed E-state index contributed by atoms with van der Waals surface area (Å²) in [5.74, 6) is -3.61. The number of hydrogen-bond acceptors (Lipinski definition) is 5. The lowest BCUT2D eigenvalue weighted by molar-refractivity contribution is -0.137. The molecule has 9 nitrogen and oxygen atoms in total. The zero-order valence-electron chi connectivity index (χ0n) is 25.3. The molecule has 1 N–H and O–H groups in total. The van der Waals surface area contributed by atoms with Crippen molar-refractivity contribution in [1.29, 1.82) is 5.26 Å². The van der Waals surface area contributed by atoms with Crippen LogP contribution in [0, 0.1) is 17.1 Å². The van der Waals surface area contributed by atoms with E-state index in [-0.39, 0.29) is 29.2 Å². The number of likely N-dealkylation sites (N-methyl/N-ethyl adjacent to an activating group) is 1. The first kappa shape index (κ1) is 32.9. The van der Waals surface area contributed by atoms with Crippen LogP contribution in [0.5, 0.6) is 0 Å². The molecular formula is C34H27BrF4N6O3. The number of halogens is 5. The fourth-order valence-electron chi connectivity index (χ4n) is 6.32. The minimum atomic E-state index is -4.71. The summed E-state index contributed by atoms with van der Waals surface area (Å²) in [6.45, 7) is 2.05. The van der Waals surface area contributed by atoms with Crippen LogP contribution in [0.2, 0.25) is 0 Å². The minimum absolute atomic E-state index is 0.0652. The highest BCUT2D eigenvalue weighted by Crippen LogP contribution is 2.44. The van der Waals surface area contributed by atoms with E-state index in [2.05, 4.69) is 27.3 Å². The summed E-state index contributed by atoms with van der Waals surface area (Å²) in [5, 5.41) is 17.2. The molecule has 14 heteroatoms. The van der Waals surface area contributed by atoms with Crippen LogP contribution in [0.4, 0.5) is 23.4 Å². The van der Waals surface area contributed by atoms with E-state index in [1.807, 2.05) is 0 Å². The van der Waals surface area contributed by atoms with Gasteiger partial charge in [-0.2, -0.15) is 23.5 Å². The molecule has 1 fully saturated rings. The molecule has 6 rings (SSSR count). The number of likely N-dealkylation sites (tertiary alicyclic amines) is 1. The summed E-state index contributed by atoms with van der Waals surface area (Å²) < 4.78 is 56.9. The van der Waals surface area contributed by atoms with Crippen LogP contribution in [-0.4, -0.2) is 57.6 Å². The number of anilines is 1. The topological polar surface area (TPSA) is 111 Å². The summed E-state index contributed by atoms with van der Waals surface area (Å²) in [5.41, 5.74) is -0.375. The van der Waals surface area contributed by atoms with Crippen LogP contribution in [0.1, 0.15) is 63.2 Å². The summed E-state index contributed by atoms with van der Waals surface area (Å²) in [6.07, 6.45) is -3.66. The first-order valence-electron chi connectivity index (χ1n) is 15.1. The van der Waals surface area contributed by atoms with Crippen molar-refractivity contribution in [2.24, 2.45) is 0 Å². The van der Waals surface area contributed by atoms with E-state index in [1.165, 1.54) is 44.8 Å². The van der Waals surface area contributed by atoms with E-state index in [1.54, 1.807) is 31.2 Å². The zero-order chi connectivity index (χ0) is 34.3. The lowest BCUT2D eigenvalue weighted by atomic mass is 9.80. The number of fused-ring (bicyclic) bond motifs is 1. The molecule has 3 heterocycles. The molecular weight excluding hydrogens is 696 g/mol. The molecule has 3 atom stereocenters. The van der Waals surface area contributed by atoms with Crippen LogP contribution >= 0.6 is 15.9 Å². The molecule has 2 unspecified atom stereocenters. The number of nitrogens with one attached hydrogen (secondary N) is 1. The van der Waals surface area contributed by atoms with Crippen LogP contribution in [-0.2, 0) is 11.0 Å². The predicted octanol–water partition coefficient (Wildman–Crippen LogP) is 6.22. The van der Waals surface area contributed by atoms with Crippen LogP contribution in [0.3, 0.4) is 0 Å². The smallest absolute Gasteiger partial charge is 0.339 e. The third kappa shape index (κ3) is 5.94. The lowest BCUT2D eigenvalue weighted by Crippen LogP contribution is -2.55. The second kappa shape index (κ2) is 12.9. The lowest BCUT2D eigenvalue weighted by Gasteiger charge is -2.38. The normalized spacial score (nSPS) is 19.2. The van der Waals surface area contributed by atoms with E-state index in [0.29, 0.717) is 41.2 Å². The molecule has 0 aliphatic carbocycles. The van der Waals surface area contributed by atoms with E-state index in [0.717, 1.165) is 12.1 Å². The molecule has 3 amide bonds. The van der Waals surface area contributed by atoms with Gasteiger partial charge < -0.3 is 10.2 Å². The summed E-state index contributed by atoms with van der Waals surface area (Å²) >= 11 is 3.45. The third-order valence-corrected chi connectivity index (χ3v) is 9.02. The molecule has 1 saturated heterocycles. The number of carbonyl (C=O) groups is 3. The molecule has 246 valence electrons. The maximum atomic E-state index is 14.4. The summed E-state index contributed by atoms with van der Waals surface area (Å²) in [4.78, 5) is 45.1. The Morgan fingerprint density at radius 3 is 2.48 bits per heavy atom. The number of aromatic nitrogens is 2. The van der Waals surface area contributed by atoms with Crippen molar-refractivity contribution >= 4 is 39.5 Å².